The summed E-state index contributed by atoms with van der Waals surface area (Å²) < 4.78 is 11.1. The van der Waals surface area contributed by atoms with Crippen molar-refractivity contribution in [1.82, 2.24) is 10.2 Å². The number of fused-ring (bicyclic) bond motifs is 1. The van der Waals surface area contributed by atoms with Gasteiger partial charge in [-0.05, 0) is 61.6 Å². The van der Waals surface area contributed by atoms with Crippen LogP contribution in [0.25, 0.3) is 0 Å². The second-order valence-electron chi connectivity index (χ2n) is 7.89. The minimum Gasteiger partial charge on any atom is -0.486 e. The monoisotopic (exact) mass is 408 g/mol. The van der Waals surface area contributed by atoms with Crippen LogP contribution in [0.4, 0.5) is 0 Å². The van der Waals surface area contributed by atoms with Crippen molar-refractivity contribution in [2.75, 3.05) is 26.3 Å². The maximum atomic E-state index is 12.6. The molecule has 6 nitrogen and oxygen atoms in total. The van der Waals surface area contributed by atoms with Crippen LogP contribution in [0.1, 0.15) is 53.6 Å². The van der Waals surface area contributed by atoms with Crippen molar-refractivity contribution in [2.24, 2.45) is 0 Å². The molecule has 0 radical (unpaired) electrons. The van der Waals surface area contributed by atoms with Gasteiger partial charge in [0.1, 0.15) is 13.2 Å². The zero-order chi connectivity index (χ0) is 20.9. The van der Waals surface area contributed by atoms with Crippen molar-refractivity contribution in [3.05, 3.63) is 59.2 Å². The fourth-order valence-electron chi connectivity index (χ4n) is 3.87. The van der Waals surface area contributed by atoms with E-state index in [1.807, 2.05) is 54.3 Å². The highest BCUT2D eigenvalue weighted by molar-refractivity contribution is 5.94. The molecular weight excluding hydrogens is 380 g/mol. The summed E-state index contributed by atoms with van der Waals surface area (Å²) >= 11 is 0. The summed E-state index contributed by atoms with van der Waals surface area (Å²) in [7, 11) is 0. The van der Waals surface area contributed by atoms with Crippen LogP contribution in [-0.2, 0) is 11.3 Å². The number of nitrogens with zero attached hydrogens (tertiary/aromatic N) is 1. The van der Waals surface area contributed by atoms with Gasteiger partial charge in [-0.15, -0.1) is 0 Å². The molecule has 2 heterocycles. The third kappa shape index (κ3) is 4.58. The average molecular weight is 408 g/mol. The van der Waals surface area contributed by atoms with Gasteiger partial charge in [-0.1, -0.05) is 18.2 Å². The highest BCUT2D eigenvalue weighted by Gasteiger charge is 2.20. The molecule has 1 saturated heterocycles. The molecule has 0 aliphatic carbocycles. The maximum Gasteiger partial charge on any atom is 0.253 e. The SMILES string of the molecule is CC(C(=O)NCc1ccc(C(=O)N2CCCCC2)cc1)c1ccc2c(c1)OCCO2. The van der Waals surface area contributed by atoms with Crippen molar-refractivity contribution >= 4 is 11.8 Å². The van der Waals surface area contributed by atoms with E-state index in [-0.39, 0.29) is 17.7 Å². The zero-order valence-electron chi connectivity index (χ0n) is 17.4. The number of benzene rings is 2. The molecule has 2 aromatic rings. The first-order valence-electron chi connectivity index (χ1n) is 10.7. The molecule has 158 valence electrons. The van der Waals surface area contributed by atoms with Gasteiger partial charge in [0.15, 0.2) is 11.5 Å². The van der Waals surface area contributed by atoms with Gasteiger partial charge in [0.25, 0.3) is 5.91 Å². The molecule has 2 aliphatic heterocycles. The number of carbonyl (C=O) groups excluding carboxylic acids is 2. The van der Waals surface area contributed by atoms with E-state index in [0.29, 0.717) is 31.1 Å². The van der Waals surface area contributed by atoms with Gasteiger partial charge in [-0.2, -0.15) is 0 Å². The molecule has 0 spiro atoms. The molecule has 1 fully saturated rings. The number of rotatable bonds is 5. The fraction of sp³-hybridized carbons (Fsp3) is 0.417. The number of likely N-dealkylation sites (tertiary alicyclic amines) is 1. The van der Waals surface area contributed by atoms with Gasteiger partial charge in [0.2, 0.25) is 5.91 Å². The van der Waals surface area contributed by atoms with E-state index in [1.165, 1.54) is 6.42 Å². The van der Waals surface area contributed by atoms with Gasteiger partial charge in [-0.3, -0.25) is 9.59 Å². The number of ether oxygens (including phenoxy) is 2. The first kappa shape index (κ1) is 20.3. The zero-order valence-corrected chi connectivity index (χ0v) is 17.4. The lowest BCUT2D eigenvalue weighted by molar-refractivity contribution is -0.122. The Kier molecular flexibility index (Phi) is 6.21. The van der Waals surface area contributed by atoms with Crippen LogP contribution in [0, 0.1) is 0 Å². The average Bonchev–Trinajstić information content (AvgIpc) is 2.82. The predicted octanol–water partition coefficient (Wildman–Crippen LogP) is 3.50. The summed E-state index contributed by atoms with van der Waals surface area (Å²) in [6.45, 7) is 5.05. The minimum atomic E-state index is -0.305. The molecular formula is C24H28N2O4. The normalized spacial score (nSPS) is 16.6. The van der Waals surface area contributed by atoms with Gasteiger partial charge >= 0.3 is 0 Å². The first-order chi connectivity index (χ1) is 14.6. The number of nitrogens with one attached hydrogen (secondary N) is 1. The number of carbonyl (C=O) groups is 2. The molecule has 4 rings (SSSR count). The Morgan fingerprint density at radius 3 is 2.40 bits per heavy atom. The fourth-order valence-corrected chi connectivity index (χ4v) is 3.87. The van der Waals surface area contributed by atoms with Gasteiger partial charge in [0, 0.05) is 25.2 Å². The number of amides is 2. The van der Waals surface area contributed by atoms with Crippen LogP contribution in [-0.4, -0.2) is 43.0 Å². The predicted molar refractivity (Wildman–Crippen MR) is 114 cm³/mol. The molecule has 0 bridgehead atoms. The molecule has 0 saturated carbocycles. The quantitative estimate of drug-likeness (QED) is 0.822. The molecule has 2 aliphatic rings. The Bertz CT molecular complexity index is 904. The topological polar surface area (TPSA) is 67.9 Å². The lowest BCUT2D eigenvalue weighted by Gasteiger charge is -2.26. The van der Waals surface area contributed by atoms with E-state index in [0.717, 1.165) is 42.8 Å². The highest BCUT2D eigenvalue weighted by atomic mass is 16.6. The second kappa shape index (κ2) is 9.20. The molecule has 2 aromatic carbocycles. The minimum absolute atomic E-state index is 0.0554. The van der Waals surface area contributed by atoms with E-state index < -0.39 is 0 Å². The van der Waals surface area contributed by atoms with Crippen LogP contribution in [0.3, 0.4) is 0 Å². The van der Waals surface area contributed by atoms with Crippen LogP contribution >= 0.6 is 0 Å². The molecule has 2 amide bonds. The van der Waals surface area contributed by atoms with E-state index >= 15 is 0 Å². The lowest BCUT2D eigenvalue weighted by Crippen LogP contribution is -2.35. The van der Waals surface area contributed by atoms with Crippen LogP contribution in [0.2, 0.25) is 0 Å². The van der Waals surface area contributed by atoms with Crippen molar-refractivity contribution < 1.29 is 19.1 Å². The third-order valence-electron chi connectivity index (χ3n) is 5.77. The standard InChI is InChI=1S/C24H28N2O4/c1-17(20-9-10-21-22(15-20)30-14-13-29-21)23(27)25-16-18-5-7-19(8-6-18)24(28)26-11-3-2-4-12-26/h5-10,15,17H,2-4,11-14,16H2,1H3,(H,25,27). The van der Waals surface area contributed by atoms with Crippen molar-refractivity contribution in [2.45, 2.75) is 38.6 Å². The Hall–Kier alpha value is -3.02. The van der Waals surface area contributed by atoms with Gasteiger partial charge in [0.05, 0.1) is 5.92 Å². The Morgan fingerprint density at radius 2 is 1.67 bits per heavy atom. The number of hydrogen-bond donors (Lipinski definition) is 1. The summed E-state index contributed by atoms with van der Waals surface area (Å²) in [5, 5.41) is 2.98. The Balaban J connectivity index is 1.32. The van der Waals surface area contributed by atoms with Crippen LogP contribution in [0.5, 0.6) is 11.5 Å². The Morgan fingerprint density at radius 1 is 0.967 bits per heavy atom. The first-order valence-corrected chi connectivity index (χ1v) is 10.7. The molecule has 6 heteroatoms. The van der Waals surface area contributed by atoms with E-state index in [2.05, 4.69) is 5.32 Å². The number of piperidine rings is 1. The van der Waals surface area contributed by atoms with Crippen molar-refractivity contribution in [1.29, 1.82) is 0 Å². The summed E-state index contributed by atoms with van der Waals surface area (Å²) in [4.78, 5) is 27.1. The third-order valence-corrected chi connectivity index (χ3v) is 5.77. The van der Waals surface area contributed by atoms with Crippen LogP contribution < -0.4 is 14.8 Å². The molecule has 30 heavy (non-hydrogen) atoms. The van der Waals surface area contributed by atoms with Gasteiger partial charge < -0.3 is 19.7 Å². The summed E-state index contributed by atoms with van der Waals surface area (Å²) in [5.74, 6) is 1.14. The van der Waals surface area contributed by atoms with Crippen molar-refractivity contribution in [3.8, 4) is 11.5 Å². The Labute approximate surface area is 177 Å². The lowest BCUT2D eigenvalue weighted by atomic mass is 9.99. The second-order valence-corrected chi connectivity index (χ2v) is 7.89. The van der Waals surface area contributed by atoms with E-state index in [4.69, 9.17) is 9.47 Å². The number of hydrogen-bond acceptors (Lipinski definition) is 4. The van der Waals surface area contributed by atoms with Crippen molar-refractivity contribution in [3.63, 3.8) is 0 Å². The largest absolute Gasteiger partial charge is 0.486 e. The highest BCUT2D eigenvalue weighted by Crippen LogP contribution is 2.33. The molecule has 1 unspecified atom stereocenters. The van der Waals surface area contributed by atoms with Gasteiger partial charge in [-0.25, -0.2) is 0 Å². The molecule has 0 aromatic heterocycles. The van der Waals surface area contributed by atoms with E-state index in [1.54, 1.807) is 0 Å². The maximum absolute atomic E-state index is 12.6. The molecule has 1 atom stereocenters. The van der Waals surface area contributed by atoms with Crippen LogP contribution in [0.15, 0.2) is 42.5 Å². The summed E-state index contributed by atoms with van der Waals surface area (Å²) in [5.41, 5.74) is 2.56. The smallest absolute Gasteiger partial charge is 0.253 e. The molecule has 1 N–H and O–H groups in total. The summed E-state index contributed by atoms with van der Waals surface area (Å²) in [6.07, 6.45) is 3.36. The summed E-state index contributed by atoms with van der Waals surface area (Å²) in [6, 6.07) is 13.1. The van der Waals surface area contributed by atoms with E-state index in [9.17, 15) is 9.59 Å².